The second-order valence-electron chi connectivity index (χ2n) is 8.51. The Morgan fingerprint density at radius 2 is 2.17 bits per heavy atom. The van der Waals surface area contributed by atoms with Crippen molar-refractivity contribution in [2.24, 2.45) is 10.9 Å². The van der Waals surface area contributed by atoms with Crippen LogP contribution in [0.25, 0.3) is 0 Å². The van der Waals surface area contributed by atoms with Crippen LogP contribution in [0.1, 0.15) is 39.7 Å². The van der Waals surface area contributed by atoms with Crippen molar-refractivity contribution < 1.29 is 23.4 Å². The van der Waals surface area contributed by atoms with Crippen LogP contribution in [0.15, 0.2) is 27.7 Å². The van der Waals surface area contributed by atoms with E-state index >= 15 is 0 Å². The number of benzene rings is 1. The Balaban J connectivity index is 2.26. The molecule has 0 saturated carbocycles. The summed E-state index contributed by atoms with van der Waals surface area (Å²) in [4.78, 5) is 18.0. The Kier molecular flexibility index (Phi) is 6.32. The lowest BCUT2D eigenvalue weighted by Gasteiger charge is -2.50. The molecule has 4 atom stereocenters. The zero-order chi connectivity index (χ0) is 21.6. The smallest absolute Gasteiger partial charge is 0.413 e. The van der Waals surface area contributed by atoms with Gasteiger partial charge in [0, 0.05) is 26.7 Å². The van der Waals surface area contributed by atoms with Gasteiger partial charge in [0.25, 0.3) is 0 Å². The van der Waals surface area contributed by atoms with Crippen molar-refractivity contribution in [3.8, 4) is 0 Å². The maximum Gasteiger partial charge on any atom is 0.413 e. The fraction of sp³-hybridized carbons (Fsp3) is 0.600. The Bertz CT molecular complexity index is 832. The van der Waals surface area contributed by atoms with Crippen molar-refractivity contribution in [1.29, 1.82) is 0 Å². The molecule has 0 aromatic heterocycles. The SMILES string of the molecule is C[C@H]1C[C@H]2[C@@H](CF)SC(N(C(=O)O)C(C)(C)C)=N[C@@]2(c2cc(Br)ccc2F)CO1. The minimum absolute atomic E-state index is 0.0599. The van der Waals surface area contributed by atoms with Gasteiger partial charge >= 0.3 is 6.09 Å². The molecule has 1 saturated heterocycles. The summed E-state index contributed by atoms with van der Waals surface area (Å²) < 4.78 is 35.7. The number of carbonyl (C=O) groups is 1. The number of aliphatic imine (C=N–C) groups is 1. The van der Waals surface area contributed by atoms with Crippen LogP contribution >= 0.6 is 27.7 Å². The Hall–Kier alpha value is -1.19. The highest BCUT2D eigenvalue weighted by molar-refractivity contribution is 9.10. The number of thioether (sulfide) groups is 1. The van der Waals surface area contributed by atoms with E-state index in [1.54, 1.807) is 32.9 Å². The van der Waals surface area contributed by atoms with Gasteiger partial charge in [-0.2, -0.15) is 0 Å². The third-order valence-electron chi connectivity index (χ3n) is 5.39. The molecular formula is C20H25BrF2N2O3S. The number of hydrogen-bond donors (Lipinski definition) is 1. The molecule has 5 nitrogen and oxygen atoms in total. The summed E-state index contributed by atoms with van der Waals surface area (Å²) in [5.74, 6) is -0.800. The molecule has 0 aliphatic carbocycles. The third kappa shape index (κ3) is 4.18. The maximum absolute atomic E-state index is 15.0. The lowest BCUT2D eigenvalue weighted by molar-refractivity contribution is -0.0563. The molecule has 1 amide bonds. The van der Waals surface area contributed by atoms with Crippen molar-refractivity contribution in [1.82, 2.24) is 4.90 Å². The average Bonchev–Trinajstić information content (AvgIpc) is 2.62. The Morgan fingerprint density at radius 1 is 1.48 bits per heavy atom. The van der Waals surface area contributed by atoms with Gasteiger partial charge in [-0.3, -0.25) is 4.90 Å². The summed E-state index contributed by atoms with van der Waals surface area (Å²) in [7, 11) is 0. The number of amidine groups is 1. The van der Waals surface area contributed by atoms with E-state index in [-0.39, 0.29) is 23.8 Å². The molecule has 1 aromatic rings. The summed E-state index contributed by atoms with van der Waals surface area (Å²) in [5, 5.41) is 9.45. The summed E-state index contributed by atoms with van der Waals surface area (Å²) in [6.07, 6.45) is -0.796. The monoisotopic (exact) mass is 490 g/mol. The van der Waals surface area contributed by atoms with Crippen LogP contribution < -0.4 is 0 Å². The predicted molar refractivity (Wildman–Crippen MR) is 114 cm³/mol. The van der Waals surface area contributed by atoms with Crippen molar-refractivity contribution in [2.75, 3.05) is 13.3 Å². The molecule has 1 fully saturated rings. The van der Waals surface area contributed by atoms with Crippen molar-refractivity contribution in [3.63, 3.8) is 0 Å². The molecule has 160 valence electrons. The van der Waals surface area contributed by atoms with Crippen LogP contribution in [0, 0.1) is 11.7 Å². The maximum atomic E-state index is 15.0. The van der Waals surface area contributed by atoms with Crippen LogP contribution in [0.2, 0.25) is 0 Å². The van der Waals surface area contributed by atoms with Crippen LogP contribution in [-0.4, -0.2) is 51.4 Å². The minimum Gasteiger partial charge on any atom is -0.465 e. The molecule has 2 heterocycles. The molecular weight excluding hydrogens is 466 g/mol. The Morgan fingerprint density at radius 3 is 2.76 bits per heavy atom. The minimum atomic E-state index is -1.20. The number of rotatable bonds is 2. The number of carboxylic acid groups (broad SMARTS) is 1. The normalized spacial score (nSPS) is 29.8. The second kappa shape index (κ2) is 8.15. The number of fused-ring (bicyclic) bond motifs is 1. The van der Waals surface area contributed by atoms with Gasteiger partial charge in [0.05, 0.1) is 12.7 Å². The molecule has 2 aliphatic heterocycles. The standard InChI is InChI=1S/C20H25BrF2N2O3S/c1-11-7-14-16(9-22)29-17(25(18(26)27)19(2,3)4)24-20(14,10-28-11)13-8-12(21)5-6-15(13)23/h5-6,8,11,14,16H,7,9-10H2,1-4H3,(H,26,27)/t11-,14-,16+,20+/m0/s1. The number of halogens is 3. The summed E-state index contributed by atoms with van der Waals surface area (Å²) in [6.45, 7) is 6.52. The van der Waals surface area contributed by atoms with E-state index in [0.717, 1.165) is 16.7 Å². The number of amides is 1. The summed E-state index contributed by atoms with van der Waals surface area (Å²) in [6, 6.07) is 4.56. The van der Waals surface area contributed by atoms with Gasteiger partial charge in [0.1, 0.15) is 18.0 Å². The summed E-state index contributed by atoms with van der Waals surface area (Å²) in [5.41, 5.74) is -1.71. The zero-order valence-electron chi connectivity index (χ0n) is 16.8. The highest BCUT2D eigenvalue weighted by Gasteiger charge is 2.54. The van der Waals surface area contributed by atoms with Gasteiger partial charge < -0.3 is 9.84 Å². The quantitative estimate of drug-likeness (QED) is 0.600. The Labute approximate surface area is 182 Å². The highest BCUT2D eigenvalue weighted by Crippen LogP contribution is 2.51. The molecule has 0 bridgehead atoms. The molecule has 29 heavy (non-hydrogen) atoms. The fourth-order valence-corrected chi connectivity index (χ4v) is 5.92. The first-order valence-electron chi connectivity index (χ1n) is 9.42. The second-order valence-corrected chi connectivity index (χ2v) is 10.6. The largest absolute Gasteiger partial charge is 0.465 e. The number of nitrogens with zero attached hydrogens (tertiary/aromatic N) is 2. The molecule has 3 rings (SSSR count). The van der Waals surface area contributed by atoms with E-state index in [1.165, 1.54) is 6.07 Å². The van der Waals surface area contributed by atoms with Gasteiger partial charge in [0.15, 0.2) is 5.17 Å². The molecule has 1 aromatic carbocycles. The average molecular weight is 491 g/mol. The lowest BCUT2D eigenvalue weighted by Crippen LogP contribution is -2.57. The number of hydrogen-bond acceptors (Lipinski definition) is 4. The highest BCUT2D eigenvalue weighted by atomic mass is 79.9. The topological polar surface area (TPSA) is 62.1 Å². The van der Waals surface area contributed by atoms with E-state index in [4.69, 9.17) is 9.73 Å². The van der Waals surface area contributed by atoms with Gasteiger partial charge in [-0.15, -0.1) is 0 Å². The van der Waals surface area contributed by atoms with E-state index in [1.807, 2.05) is 6.92 Å². The lowest BCUT2D eigenvalue weighted by atomic mass is 9.72. The molecule has 9 heteroatoms. The van der Waals surface area contributed by atoms with Crippen molar-refractivity contribution in [3.05, 3.63) is 34.1 Å². The van der Waals surface area contributed by atoms with E-state index in [9.17, 15) is 18.7 Å². The summed E-state index contributed by atoms with van der Waals surface area (Å²) >= 11 is 4.50. The number of ether oxygens (including phenoxy) is 1. The predicted octanol–water partition coefficient (Wildman–Crippen LogP) is 5.43. The zero-order valence-corrected chi connectivity index (χ0v) is 19.2. The molecule has 0 unspecified atom stereocenters. The fourth-order valence-electron chi connectivity index (χ4n) is 4.05. The van der Waals surface area contributed by atoms with Crippen molar-refractivity contribution >= 4 is 39.0 Å². The van der Waals surface area contributed by atoms with Crippen molar-refractivity contribution in [2.45, 2.75) is 56.5 Å². The van der Waals surface area contributed by atoms with Crippen LogP contribution in [-0.2, 0) is 10.3 Å². The van der Waals surface area contributed by atoms with E-state index < -0.39 is 34.9 Å². The van der Waals surface area contributed by atoms with E-state index in [0.29, 0.717) is 16.5 Å². The van der Waals surface area contributed by atoms with E-state index in [2.05, 4.69) is 15.9 Å². The number of alkyl halides is 1. The van der Waals surface area contributed by atoms with Crippen LogP contribution in [0.4, 0.5) is 13.6 Å². The van der Waals surface area contributed by atoms with Gasteiger partial charge in [-0.1, -0.05) is 27.7 Å². The molecule has 0 spiro atoms. The first kappa shape index (κ1) is 22.5. The van der Waals surface area contributed by atoms with Crippen LogP contribution in [0.5, 0.6) is 0 Å². The van der Waals surface area contributed by atoms with Gasteiger partial charge in [0.2, 0.25) is 0 Å². The van der Waals surface area contributed by atoms with Gasteiger partial charge in [-0.05, 0) is 52.3 Å². The molecule has 2 aliphatic rings. The van der Waals surface area contributed by atoms with Gasteiger partial charge in [-0.25, -0.2) is 18.6 Å². The molecule has 0 radical (unpaired) electrons. The molecule has 1 N–H and O–H groups in total. The third-order valence-corrected chi connectivity index (χ3v) is 7.12. The first-order chi connectivity index (χ1) is 13.5. The van der Waals surface area contributed by atoms with Crippen LogP contribution in [0.3, 0.4) is 0 Å². The first-order valence-corrected chi connectivity index (χ1v) is 11.1.